The van der Waals surface area contributed by atoms with Crippen molar-refractivity contribution in [1.29, 1.82) is 0 Å². The van der Waals surface area contributed by atoms with E-state index in [0.717, 1.165) is 48.1 Å². The van der Waals surface area contributed by atoms with Gasteiger partial charge in [0.15, 0.2) is 0 Å². The van der Waals surface area contributed by atoms with Crippen molar-refractivity contribution in [2.45, 2.75) is 19.3 Å². The van der Waals surface area contributed by atoms with Crippen LogP contribution in [0.2, 0.25) is 0 Å². The van der Waals surface area contributed by atoms with Gasteiger partial charge in [0.05, 0.1) is 12.6 Å². The number of unbranched alkanes of at least 4 members (excludes halogenated alkanes) is 2. The molecule has 0 unspecified atom stereocenters. The molecule has 0 aliphatic rings. The second-order valence-electron chi connectivity index (χ2n) is 4.45. The SMILES string of the molecule is COc1ccc2nccc(NCCCCCO)c2c1. The zero-order valence-electron chi connectivity index (χ0n) is 11.2. The number of aromatic nitrogens is 1. The molecule has 0 spiro atoms. The predicted octanol–water partition coefficient (Wildman–Crippen LogP) is 2.82. The van der Waals surface area contributed by atoms with Gasteiger partial charge in [-0.15, -0.1) is 0 Å². The Morgan fingerprint density at radius 3 is 2.89 bits per heavy atom. The quantitative estimate of drug-likeness (QED) is 0.752. The van der Waals surface area contributed by atoms with Crippen LogP contribution in [0, 0.1) is 0 Å². The fraction of sp³-hybridized carbons (Fsp3) is 0.400. The van der Waals surface area contributed by atoms with Gasteiger partial charge in [0.2, 0.25) is 0 Å². The molecule has 0 saturated carbocycles. The molecule has 1 aromatic heterocycles. The molecule has 1 aromatic carbocycles. The minimum atomic E-state index is 0.273. The molecule has 2 rings (SSSR count). The molecule has 0 bridgehead atoms. The highest BCUT2D eigenvalue weighted by Gasteiger charge is 2.03. The van der Waals surface area contributed by atoms with E-state index in [2.05, 4.69) is 10.3 Å². The molecule has 102 valence electrons. The molecule has 0 aliphatic carbocycles. The summed E-state index contributed by atoms with van der Waals surface area (Å²) in [5.41, 5.74) is 2.04. The van der Waals surface area contributed by atoms with Gasteiger partial charge in [-0.05, 0) is 43.5 Å². The van der Waals surface area contributed by atoms with Gasteiger partial charge >= 0.3 is 0 Å². The third-order valence-corrected chi connectivity index (χ3v) is 3.10. The molecule has 4 heteroatoms. The van der Waals surface area contributed by atoms with E-state index in [4.69, 9.17) is 9.84 Å². The van der Waals surface area contributed by atoms with Crippen molar-refractivity contribution in [3.63, 3.8) is 0 Å². The van der Waals surface area contributed by atoms with Crippen LogP contribution in [0.3, 0.4) is 0 Å². The molecule has 0 atom stereocenters. The molecule has 2 N–H and O–H groups in total. The molecule has 0 fully saturated rings. The van der Waals surface area contributed by atoms with Gasteiger partial charge in [0, 0.05) is 30.4 Å². The Labute approximate surface area is 113 Å². The lowest BCUT2D eigenvalue weighted by Gasteiger charge is -2.10. The fourth-order valence-electron chi connectivity index (χ4n) is 2.04. The Morgan fingerprint density at radius 2 is 2.11 bits per heavy atom. The Hall–Kier alpha value is -1.81. The molecule has 2 aromatic rings. The number of nitrogens with one attached hydrogen (secondary N) is 1. The maximum Gasteiger partial charge on any atom is 0.119 e. The zero-order valence-corrected chi connectivity index (χ0v) is 11.2. The van der Waals surface area contributed by atoms with Crippen LogP contribution in [0.5, 0.6) is 5.75 Å². The summed E-state index contributed by atoms with van der Waals surface area (Å²) >= 11 is 0. The standard InChI is InChI=1S/C15H20N2O2/c1-19-12-5-6-14-13(11-12)15(7-9-17-14)16-8-3-2-4-10-18/h5-7,9,11,18H,2-4,8,10H2,1H3,(H,16,17). The lowest BCUT2D eigenvalue weighted by atomic mass is 10.1. The highest BCUT2D eigenvalue weighted by molar-refractivity contribution is 5.92. The van der Waals surface area contributed by atoms with Crippen LogP contribution in [0.1, 0.15) is 19.3 Å². The molecule has 0 aliphatic heterocycles. The van der Waals surface area contributed by atoms with Crippen molar-refractivity contribution in [2.75, 3.05) is 25.6 Å². The number of methoxy groups -OCH3 is 1. The average molecular weight is 260 g/mol. The number of rotatable bonds is 7. The normalized spacial score (nSPS) is 10.6. The number of aliphatic hydroxyl groups excluding tert-OH is 1. The summed E-state index contributed by atoms with van der Waals surface area (Å²) in [6.45, 7) is 1.17. The van der Waals surface area contributed by atoms with Gasteiger partial charge in [-0.2, -0.15) is 0 Å². The molecule has 0 radical (unpaired) electrons. The minimum Gasteiger partial charge on any atom is -0.497 e. The number of pyridine rings is 1. The first-order chi connectivity index (χ1) is 9.35. The van der Waals surface area contributed by atoms with Gasteiger partial charge in [-0.1, -0.05) is 0 Å². The first-order valence-electron chi connectivity index (χ1n) is 6.62. The smallest absolute Gasteiger partial charge is 0.119 e. The third-order valence-electron chi connectivity index (χ3n) is 3.10. The molecule has 1 heterocycles. The molecule has 0 saturated heterocycles. The van der Waals surface area contributed by atoms with Gasteiger partial charge < -0.3 is 15.2 Å². The van der Waals surface area contributed by atoms with Gasteiger partial charge in [-0.3, -0.25) is 4.98 Å². The van der Waals surface area contributed by atoms with E-state index in [9.17, 15) is 0 Å². The summed E-state index contributed by atoms with van der Waals surface area (Å²) in [7, 11) is 1.67. The summed E-state index contributed by atoms with van der Waals surface area (Å²) in [4.78, 5) is 4.35. The van der Waals surface area contributed by atoms with Gasteiger partial charge in [0.1, 0.15) is 5.75 Å². The van der Waals surface area contributed by atoms with Crippen molar-refractivity contribution >= 4 is 16.6 Å². The second-order valence-corrected chi connectivity index (χ2v) is 4.45. The van der Waals surface area contributed by atoms with Gasteiger partial charge in [-0.25, -0.2) is 0 Å². The van der Waals surface area contributed by atoms with Crippen LogP contribution >= 0.6 is 0 Å². The van der Waals surface area contributed by atoms with E-state index in [1.807, 2.05) is 30.5 Å². The third kappa shape index (κ3) is 3.58. The van der Waals surface area contributed by atoms with Crippen molar-refractivity contribution < 1.29 is 9.84 Å². The first kappa shape index (κ1) is 13.6. The van der Waals surface area contributed by atoms with E-state index < -0.39 is 0 Å². The van der Waals surface area contributed by atoms with E-state index in [0.29, 0.717) is 0 Å². The molecule has 4 nitrogen and oxygen atoms in total. The highest BCUT2D eigenvalue weighted by atomic mass is 16.5. The summed E-state index contributed by atoms with van der Waals surface area (Å²) in [6, 6.07) is 7.86. The fourth-order valence-corrected chi connectivity index (χ4v) is 2.04. The summed E-state index contributed by atoms with van der Waals surface area (Å²) in [6.07, 6.45) is 4.77. The maximum absolute atomic E-state index is 8.74. The highest BCUT2D eigenvalue weighted by Crippen LogP contribution is 2.25. The summed E-state index contributed by atoms with van der Waals surface area (Å²) in [5.74, 6) is 0.837. The van der Waals surface area contributed by atoms with Gasteiger partial charge in [0.25, 0.3) is 0 Å². The lowest BCUT2D eigenvalue weighted by Crippen LogP contribution is -2.02. The van der Waals surface area contributed by atoms with E-state index >= 15 is 0 Å². The molecule has 0 amide bonds. The van der Waals surface area contributed by atoms with Crippen LogP contribution in [-0.2, 0) is 0 Å². The maximum atomic E-state index is 8.74. The number of aliphatic hydroxyl groups is 1. The Morgan fingerprint density at radius 1 is 1.21 bits per heavy atom. The number of benzene rings is 1. The van der Waals surface area contributed by atoms with Crippen molar-refractivity contribution in [1.82, 2.24) is 4.98 Å². The van der Waals surface area contributed by atoms with Crippen molar-refractivity contribution in [3.8, 4) is 5.75 Å². The van der Waals surface area contributed by atoms with Crippen LogP contribution in [0.25, 0.3) is 10.9 Å². The van der Waals surface area contributed by atoms with Crippen molar-refractivity contribution in [3.05, 3.63) is 30.5 Å². The lowest BCUT2D eigenvalue weighted by molar-refractivity contribution is 0.283. The zero-order chi connectivity index (χ0) is 13.5. The monoisotopic (exact) mass is 260 g/mol. The van der Waals surface area contributed by atoms with E-state index in [1.54, 1.807) is 7.11 Å². The van der Waals surface area contributed by atoms with E-state index in [1.165, 1.54) is 0 Å². The van der Waals surface area contributed by atoms with E-state index in [-0.39, 0.29) is 6.61 Å². The van der Waals surface area contributed by atoms with Crippen LogP contribution in [-0.4, -0.2) is 30.4 Å². The first-order valence-corrected chi connectivity index (χ1v) is 6.62. The Kier molecular flexibility index (Phi) is 4.98. The molecule has 19 heavy (non-hydrogen) atoms. The number of hydrogen-bond acceptors (Lipinski definition) is 4. The second kappa shape index (κ2) is 6.95. The Bertz CT molecular complexity index is 529. The topological polar surface area (TPSA) is 54.4 Å². The minimum absolute atomic E-state index is 0.273. The Balaban J connectivity index is 2.08. The van der Waals surface area contributed by atoms with Crippen LogP contribution < -0.4 is 10.1 Å². The van der Waals surface area contributed by atoms with Crippen LogP contribution in [0.15, 0.2) is 30.5 Å². The number of fused-ring (bicyclic) bond motifs is 1. The number of nitrogens with zero attached hydrogens (tertiary/aromatic N) is 1. The summed E-state index contributed by atoms with van der Waals surface area (Å²) in [5, 5.41) is 13.2. The molecular weight excluding hydrogens is 240 g/mol. The molecular formula is C15H20N2O2. The summed E-state index contributed by atoms with van der Waals surface area (Å²) < 4.78 is 5.25. The van der Waals surface area contributed by atoms with Crippen molar-refractivity contribution in [2.24, 2.45) is 0 Å². The van der Waals surface area contributed by atoms with Crippen LogP contribution in [0.4, 0.5) is 5.69 Å². The number of ether oxygens (including phenoxy) is 1. The average Bonchev–Trinajstić information content (AvgIpc) is 2.46. The predicted molar refractivity (Wildman–Crippen MR) is 77.7 cm³/mol. The number of hydrogen-bond donors (Lipinski definition) is 2. The number of anilines is 1. The largest absolute Gasteiger partial charge is 0.497 e.